The Bertz CT molecular complexity index is 228. The van der Waals surface area contributed by atoms with Crippen LogP contribution in [-0.2, 0) is 6.54 Å². The van der Waals surface area contributed by atoms with Gasteiger partial charge in [0.15, 0.2) is 0 Å². The zero-order chi connectivity index (χ0) is 7.73. The van der Waals surface area contributed by atoms with Gasteiger partial charge in [-0.05, 0) is 19.3 Å². The molecule has 1 fully saturated rings. The Morgan fingerprint density at radius 3 is 2.91 bits per heavy atom. The third-order valence-corrected chi connectivity index (χ3v) is 2.11. The predicted octanol–water partition coefficient (Wildman–Crippen LogP) is 0.193. The smallest absolute Gasteiger partial charge is 0.0692 e. The molecule has 4 nitrogen and oxygen atoms in total. The van der Waals surface area contributed by atoms with E-state index in [1.165, 1.54) is 0 Å². The first-order chi connectivity index (χ1) is 5.29. The van der Waals surface area contributed by atoms with Gasteiger partial charge in [-0.25, -0.2) is 0 Å². The maximum absolute atomic E-state index is 9.47. The average Bonchev–Trinajstić information content (AvgIpc) is 2.53. The third kappa shape index (κ3) is 1.57. The topological polar surface area (TPSA) is 50.9 Å². The van der Waals surface area contributed by atoms with E-state index >= 15 is 0 Å². The van der Waals surface area contributed by atoms with Crippen LogP contribution in [0.1, 0.15) is 19.3 Å². The maximum Gasteiger partial charge on any atom is 0.0692 e. The summed E-state index contributed by atoms with van der Waals surface area (Å²) < 4.78 is 1.75. The van der Waals surface area contributed by atoms with E-state index in [4.69, 9.17) is 0 Å². The molecule has 0 atom stereocenters. The molecule has 1 aliphatic carbocycles. The molecule has 4 heteroatoms. The highest BCUT2D eigenvalue weighted by Gasteiger charge is 2.39. The molecule has 1 N–H and O–H groups in total. The SMILES string of the molecule is OC1(CCn2ccnn2)CC1. The zero-order valence-corrected chi connectivity index (χ0v) is 6.27. The summed E-state index contributed by atoms with van der Waals surface area (Å²) >= 11 is 0. The second-order valence-electron chi connectivity index (χ2n) is 3.14. The fraction of sp³-hybridized carbons (Fsp3) is 0.714. The van der Waals surface area contributed by atoms with Gasteiger partial charge < -0.3 is 5.11 Å². The van der Waals surface area contributed by atoms with Crippen LogP contribution in [0.25, 0.3) is 0 Å². The monoisotopic (exact) mass is 153 g/mol. The van der Waals surface area contributed by atoms with Crippen molar-refractivity contribution in [1.29, 1.82) is 0 Å². The van der Waals surface area contributed by atoms with E-state index in [0.29, 0.717) is 0 Å². The minimum absolute atomic E-state index is 0.369. The largest absolute Gasteiger partial charge is 0.390 e. The summed E-state index contributed by atoms with van der Waals surface area (Å²) in [5.74, 6) is 0. The molecule has 60 valence electrons. The van der Waals surface area contributed by atoms with Gasteiger partial charge in [0.2, 0.25) is 0 Å². The second kappa shape index (κ2) is 2.30. The Kier molecular flexibility index (Phi) is 1.42. The number of hydrogen-bond donors (Lipinski definition) is 1. The van der Waals surface area contributed by atoms with Gasteiger partial charge in [-0.15, -0.1) is 5.10 Å². The summed E-state index contributed by atoms with van der Waals surface area (Å²) in [4.78, 5) is 0. The first kappa shape index (κ1) is 6.79. The van der Waals surface area contributed by atoms with Crippen LogP contribution in [0.3, 0.4) is 0 Å². The summed E-state index contributed by atoms with van der Waals surface area (Å²) in [5.41, 5.74) is -0.369. The van der Waals surface area contributed by atoms with Crippen molar-refractivity contribution in [1.82, 2.24) is 15.0 Å². The lowest BCUT2D eigenvalue weighted by Gasteiger charge is -2.05. The molecule has 1 aromatic rings. The van der Waals surface area contributed by atoms with Gasteiger partial charge in [-0.3, -0.25) is 4.68 Å². The second-order valence-corrected chi connectivity index (χ2v) is 3.14. The minimum atomic E-state index is -0.369. The van der Waals surface area contributed by atoms with Gasteiger partial charge in [-0.1, -0.05) is 5.21 Å². The molecule has 0 unspecified atom stereocenters. The maximum atomic E-state index is 9.47. The lowest BCUT2D eigenvalue weighted by Crippen LogP contribution is -2.11. The molecule has 11 heavy (non-hydrogen) atoms. The number of hydrogen-bond acceptors (Lipinski definition) is 3. The van der Waals surface area contributed by atoms with E-state index in [1.807, 2.05) is 6.20 Å². The Labute approximate surface area is 64.8 Å². The van der Waals surface area contributed by atoms with Crippen LogP contribution in [-0.4, -0.2) is 25.7 Å². The average molecular weight is 153 g/mol. The lowest BCUT2D eigenvalue weighted by atomic mass is 10.2. The van der Waals surface area contributed by atoms with Crippen molar-refractivity contribution >= 4 is 0 Å². The molecule has 1 heterocycles. The summed E-state index contributed by atoms with van der Waals surface area (Å²) in [6.45, 7) is 0.774. The quantitative estimate of drug-likeness (QED) is 0.674. The number of aromatic nitrogens is 3. The zero-order valence-electron chi connectivity index (χ0n) is 6.27. The Hall–Kier alpha value is -0.900. The fourth-order valence-corrected chi connectivity index (χ4v) is 1.07. The van der Waals surface area contributed by atoms with Gasteiger partial charge >= 0.3 is 0 Å². The lowest BCUT2D eigenvalue weighted by molar-refractivity contribution is 0.132. The van der Waals surface area contributed by atoms with Gasteiger partial charge in [0, 0.05) is 12.7 Å². The van der Waals surface area contributed by atoms with Crippen molar-refractivity contribution < 1.29 is 5.11 Å². The number of aliphatic hydroxyl groups is 1. The molecule has 0 radical (unpaired) electrons. The van der Waals surface area contributed by atoms with Gasteiger partial charge in [-0.2, -0.15) is 0 Å². The normalized spacial score (nSPS) is 20.1. The van der Waals surface area contributed by atoms with Crippen LogP contribution in [0.5, 0.6) is 0 Å². The van der Waals surface area contributed by atoms with E-state index in [2.05, 4.69) is 10.3 Å². The minimum Gasteiger partial charge on any atom is -0.390 e. The van der Waals surface area contributed by atoms with Crippen LogP contribution in [0, 0.1) is 0 Å². The van der Waals surface area contributed by atoms with E-state index in [9.17, 15) is 5.11 Å². The standard InChI is InChI=1S/C7H11N3O/c11-7(1-2-7)3-5-10-6-4-8-9-10/h4,6,11H,1-3,5H2. The Morgan fingerprint density at radius 2 is 2.36 bits per heavy atom. The van der Waals surface area contributed by atoms with Crippen molar-refractivity contribution in [3.63, 3.8) is 0 Å². The van der Waals surface area contributed by atoms with Crippen molar-refractivity contribution in [2.24, 2.45) is 0 Å². The third-order valence-electron chi connectivity index (χ3n) is 2.11. The highest BCUT2D eigenvalue weighted by Crippen LogP contribution is 2.38. The first-order valence-corrected chi connectivity index (χ1v) is 3.85. The summed E-state index contributed by atoms with van der Waals surface area (Å²) in [6, 6.07) is 0. The van der Waals surface area contributed by atoms with E-state index in [0.717, 1.165) is 25.8 Å². The van der Waals surface area contributed by atoms with Crippen LogP contribution >= 0.6 is 0 Å². The van der Waals surface area contributed by atoms with Crippen molar-refractivity contribution in [2.75, 3.05) is 0 Å². The molecule has 1 aromatic heterocycles. The predicted molar refractivity (Wildman–Crippen MR) is 38.8 cm³/mol. The summed E-state index contributed by atoms with van der Waals surface area (Å²) in [6.07, 6.45) is 6.16. The molecule has 1 saturated carbocycles. The van der Waals surface area contributed by atoms with E-state index in [-0.39, 0.29) is 5.60 Å². The van der Waals surface area contributed by atoms with Crippen molar-refractivity contribution in [3.8, 4) is 0 Å². The molecular weight excluding hydrogens is 142 g/mol. The molecule has 0 bridgehead atoms. The van der Waals surface area contributed by atoms with Crippen molar-refractivity contribution in [3.05, 3.63) is 12.4 Å². The van der Waals surface area contributed by atoms with E-state index < -0.39 is 0 Å². The van der Waals surface area contributed by atoms with Crippen LogP contribution in [0.15, 0.2) is 12.4 Å². The summed E-state index contributed by atoms with van der Waals surface area (Å²) in [5, 5.41) is 16.9. The fourth-order valence-electron chi connectivity index (χ4n) is 1.07. The molecule has 0 aromatic carbocycles. The molecule has 0 amide bonds. The molecule has 0 aliphatic heterocycles. The van der Waals surface area contributed by atoms with E-state index in [1.54, 1.807) is 10.9 Å². The number of rotatable bonds is 3. The van der Waals surface area contributed by atoms with Crippen LogP contribution < -0.4 is 0 Å². The Balaban J connectivity index is 1.83. The van der Waals surface area contributed by atoms with Gasteiger partial charge in [0.25, 0.3) is 0 Å². The highest BCUT2D eigenvalue weighted by atomic mass is 16.3. The Morgan fingerprint density at radius 1 is 1.55 bits per heavy atom. The van der Waals surface area contributed by atoms with Gasteiger partial charge in [0.05, 0.1) is 11.8 Å². The van der Waals surface area contributed by atoms with Gasteiger partial charge in [0.1, 0.15) is 0 Å². The molecule has 0 saturated heterocycles. The highest BCUT2D eigenvalue weighted by molar-refractivity contribution is 4.92. The van der Waals surface area contributed by atoms with Crippen molar-refractivity contribution in [2.45, 2.75) is 31.4 Å². The number of aryl methyl sites for hydroxylation is 1. The van der Waals surface area contributed by atoms with Crippen LogP contribution in [0.2, 0.25) is 0 Å². The number of nitrogens with zero attached hydrogens (tertiary/aromatic N) is 3. The molecular formula is C7H11N3O. The molecule has 2 rings (SSSR count). The molecule has 1 aliphatic rings. The molecule has 0 spiro atoms. The summed E-state index contributed by atoms with van der Waals surface area (Å²) in [7, 11) is 0. The van der Waals surface area contributed by atoms with Crippen LogP contribution in [0.4, 0.5) is 0 Å². The first-order valence-electron chi connectivity index (χ1n) is 3.85.